The number of amides is 1. The van der Waals surface area contributed by atoms with Crippen molar-refractivity contribution in [2.75, 3.05) is 44.7 Å². The number of aromatic nitrogens is 2. The number of piperidine rings is 3. The molecule has 0 unspecified atom stereocenters. The molecule has 3 fully saturated rings. The second-order valence-corrected chi connectivity index (χ2v) is 9.43. The van der Waals surface area contributed by atoms with E-state index < -0.39 is 0 Å². The van der Waals surface area contributed by atoms with Gasteiger partial charge in [-0.25, -0.2) is 9.97 Å². The van der Waals surface area contributed by atoms with E-state index in [4.69, 9.17) is 0 Å². The Morgan fingerprint density at radius 1 is 1.00 bits per heavy atom. The zero-order valence-corrected chi connectivity index (χ0v) is 18.4. The Morgan fingerprint density at radius 3 is 2.41 bits per heavy atom. The highest BCUT2D eigenvalue weighted by Gasteiger charge is 2.35. The maximum Gasteiger partial charge on any atom is 0.225 e. The third-order valence-corrected chi connectivity index (χ3v) is 7.21. The lowest BCUT2D eigenvalue weighted by Crippen LogP contribution is -2.52. The van der Waals surface area contributed by atoms with Gasteiger partial charge >= 0.3 is 0 Å². The molecular weight excluding hydrogens is 362 g/mol. The number of carbonyl (C=O) groups excluding carboxylic acids is 1. The van der Waals surface area contributed by atoms with Crippen molar-refractivity contribution >= 4 is 11.9 Å². The van der Waals surface area contributed by atoms with Crippen LogP contribution in [0.1, 0.15) is 56.3 Å². The lowest BCUT2D eigenvalue weighted by molar-refractivity contribution is -0.136. The van der Waals surface area contributed by atoms with E-state index in [1.807, 2.05) is 27.0 Å². The number of fused-ring (bicyclic) bond motifs is 1. The van der Waals surface area contributed by atoms with Crippen LogP contribution >= 0.6 is 0 Å². The Morgan fingerprint density at radius 2 is 1.69 bits per heavy atom. The van der Waals surface area contributed by atoms with Crippen molar-refractivity contribution in [2.24, 2.45) is 11.8 Å². The van der Waals surface area contributed by atoms with E-state index in [0.29, 0.717) is 17.9 Å². The second kappa shape index (κ2) is 8.99. The van der Waals surface area contributed by atoms with Crippen LogP contribution in [0.3, 0.4) is 0 Å². The summed E-state index contributed by atoms with van der Waals surface area (Å²) >= 11 is 0. The predicted molar refractivity (Wildman–Crippen MR) is 116 cm³/mol. The Hall–Kier alpha value is -1.69. The number of rotatable bonds is 4. The Labute approximate surface area is 175 Å². The monoisotopic (exact) mass is 399 g/mol. The van der Waals surface area contributed by atoms with Crippen LogP contribution in [-0.2, 0) is 4.79 Å². The van der Waals surface area contributed by atoms with Gasteiger partial charge in [0.15, 0.2) is 0 Å². The van der Waals surface area contributed by atoms with Crippen LogP contribution in [0.2, 0.25) is 0 Å². The van der Waals surface area contributed by atoms with Crippen LogP contribution in [-0.4, -0.2) is 71.5 Å². The topological polar surface area (TPSA) is 52.6 Å². The van der Waals surface area contributed by atoms with Crippen LogP contribution in [0.5, 0.6) is 0 Å². The third-order valence-electron chi connectivity index (χ3n) is 7.21. The van der Waals surface area contributed by atoms with Crippen LogP contribution < -0.4 is 4.90 Å². The fourth-order valence-corrected chi connectivity index (χ4v) is 5.72. The van der Waals surface area contributed by atoms with Gasteiger partial charge in [-0.1, -0.05) is 6.42 Å². The number of aryl methyl sites for hydroxylation is 2. The van der Waals surface area contributed by atoms with Gasteiger partial charge in [0.05, 0.1) is 0 Å². The molecule has 6 nitrogen and oxygen atoms in total. The van der Waals surface area contributed by atoms with Crippen LogP contribution in [0.15, 0.2) is 6.07 Å². The lowest BCUT2D eigenvalue weighted by Gasteiger charge is -2.45. The first-order valence-corrected chi connectivity index (χ1v) is 11.6. The molecule has 1 amide bonds. The number of anilines is 1. The average molecular weight is 400 g/mol. The largest absolute Gasteiger partial charge is 0.345 e. The molecular formula is C23H37N5O. The Kier molecular flexibility index (Phi) is 6.38. The number of hydrogen-bond donors (Lipinski definition) is 0. The highest BCUT2D eigenvalue weighted by Crippen LogP contribution is 2.32. The molecule has 0 radical (unpaired) electrons. The van der Waals surface area contributed by atoms with Gasteiger partial charge in [0.1, 0.15) is 0 Å². The van der Waals surface area contributed by atoms with Crippen LogP contribution in [0.4, 0.5) is 5.95 Å². The van der Waals surface area contributed by atoms with Gasteiger partial charge in [-0.3, -0.25) is 4.79 Å². The number of carbonyl (C=O) groups is 1. The minimum atomic E-state index is 0.146. The van der Waals surface area contributed by atoms with Gasteiger partial charge in [-0.15, -0.1) is 0 Å². The molecule has 160 valence electrons. The lowest BCUT2D eigenvalue weighted by atomic mass is 9.83. The summed E-state index contributed by atoms with van der Waals surface area (Å²) in [6, 6.07) is 2.71. The van der Waals surface area contributed by atoms with E-state index in [1.54, 1.807) is 0 Å². The van der Waals surface area contributed by atoms with E-state index >= 15 is 0 Å². The molecule has 1 aromatic heterocycles. The minimum Gasteiger partial charge on any atom is -0.345 e. The SMILES string of the molecule is Cc1cc(C)nc(N2CCC(C(=O)N(C)C[C@H]3CCCN4CCCC[C@@H]34)CC2)n1. The molecule has 4 heterocycles. The van der Waals surface area contributed by atoms with Crippen LogP contribution in [0, 0.1) is 25.7 Å². The molecule has 6 heteroatoms. The summed E-state index contributed by atoms with van der Waals surface area (Å²) in [6.45, 7) is 9.22. The van der Waals surface area contributed by atoms with Crippen molar-refractivity contribution in [1.29, 1.82) is 0 Å². The summed E-state index contributed by atoms with van der Waals surface area (Å²) in [6.07, 6.45) is 8.40. The van der Waals surface area contributed by atoms with E-state index in [1.165, 1.54) is 45.2 Å². The van der Waals surface area contributed by atoms with Gasteiger partial charge in [-0.2, -0.15) is 0 Å². The van der Waals surface area contributed by atoms with Crippen molar-refractivity contribution in [1.82, 2.24) is 19.8 Å². The fraction of sp³-hybridized carbons (Fsp3) is 0.783. The molecule has 0 aliphatic carbocycles. The molecule has 0 aromatic carbocycles. The van der Waals surface area contributed by atoms with Gasteiger partial charge < -0.3 is 14.7 Å². The fourth-order valence-electron chi connectivity index (χ4n) is 5.72. The summed E-state index contributed by atoms with van der Waals surface area (Å²) in [5.41, 5.74) is 2.02. The average Bonchev–Trinajstić information content (AvgIpc) is 2.73. The quantitative estimate of drug-likeness (QED) is 0.779. The normalized spacial score (nSPS) is 26.2. The molecule has 29 heavy (non-hydrogen) atoms. The summed E-state index contributed by atoms with van der Waals surface area (Å²) in [4.78, 5) is 29.3. The van der Waals surface area contributed by atoms with E-state index in [-0.39, 0.29) is 5.92 Å². The molecule has 3 aliphatic heterocycles. The van der Waals surface area contributed by atoms with Crippen molar-refractivity contribution in [3.8, 4) is 0 Å². The maximum absolute atomic E-state index is 13.1. The standard InChI is InChI=1S/C23H37N5O/c1-17-15-18(2)25-23(24-17)28-13-9-19(10-14-28)22(29)26(3)16-20-7-6-12-27-11-5-4-8-21(20)27/h15,19-21H,4-14,16H2,1-3H3/t20-,21+/m1/s1. The smallest absolute Gasteiger partial charge is 0.225 e. The van der Waals surface area contributed by atoms with Crippen molar-refractivity contribution in [3.63, 3.8) is 0 Å². The molecule has 2 atom stereocenters. The maximum atomic E-state index is 13.1. The second-order valence-electron chi connectivity index (χ2n) is 9.43. The highest BCUT2D eigenvalue weighted by molar-refractivity contribution is 5.79. The first-order valence-electron chi connectivity index (χ1n) is 11.6. The van der Waals surface area contributed by atoms with Gasteiger partial charge in [0, 0.05) is 50.0 Å². The highest BCUT2D eigenvalue weighted by atomic mass is 16.2. The van der Waals surface area contributed by atoms with E-state index in [0.717, 1.165) is 49.8 Å². The number of nitrogens with zero attached hydrogens (tertiary/aromatic N) is 5. The Balaban J connectivity index is 1.31. The van der Waals surface area contributed by atoms with Gasteiger partial charge in [0.2, 0.25) is 11.9 Å². The number of hydrogen-bond acceptors (Lipinski definition) is 5. The first-order chi connectivity index (χ1) is 14.0. The first kappa shape index (κ1) is 20.6. The van der Waals surface area contributed by atoms with Crippen molar-refractivity contribution < 1.29 is 4.79 Å². The summed E-state index contributed by atoms with van der Waals surface area (Å²) in [5, 5.41) is 0. The Bertz CT molecular complexity index is 693. The zero-order valence-electron chi connectivity index (χ0n) is 18.4. The molecule has 1 aromatic rings. The zero-order chi connectivity index (χ0) is 20.4. The molecule has 0 bridgehead atoms. The summed E-state index contributed by atoms with van der Waals surface area (Å²) < 4.78 is 0. The van der Waals surface area contributed by atoms with E-state index in [9.17, 15) is 4.79 Å². The molecule has 0 N–H and O–H groups in total. The molecule has 0 saturated carbocycles. The molecule has 0 spiro atoms. The molecule has 3 saturated heterocycles. The van der Waals surface area contributed by atoms with Crippen molar-refractivity contribution in [3.05, 3.63) is 17.5 Å². The predicted octanol–water partition coefficient (Wildman–Crippen LogP) is 3.03. The summed E-state index contributed by atoms with van der Waals surface area (Å²) in [5.74, 6) is 1.97. The van der Waals surface area contributed by atoms with Gasteiger partial charge in [0.25, 0.3) is 0 Å². The van der Waals surface area contributed by atoms with Crippen LogP contribution in [0.25, 0.3) is 0 Å². The third kappa shape index (κ3) is 4.73. The van der Waals surface area contributed by atoms with Gasteiger partial charge in [-0.05, 0) is 77.4 Å². The molecule has 4 rings (SSSR count). The summed E-state index contributed by atoms with van der Waals surface area (Å²) in [7, 11) is 2.03. The van der Waals surface area contributed by atoms with Crippen molar-refractivity contribution in [2.45, 2.75) is 64.8 Å². The molecule has 3 aliphatic rings. The minimum absolute atomic E-state index is 0.146. The van der Waals surface area contributed by atoms with E-state index in [2.05, 4.69) is 24.7 Å².